The molecule has 0 aromatic heterocycles. The maximum Gasteiger partial charge on any atom is 0.333 e. The van der Waals surface area contributed by atoms with Crippen molar-refractivity contribution in [2.24, 2.45) is 16.2 Å². The van der Waals surface area contributed by atoms with Crippen molar-refractivity contribution < 1.29 is 22.8 Å². The van der Waals surface area contributed by atoms with Gasteiger partial charge in [0.1, 0.15) is 10.7 Å². The predicted octanol–water partition coefficient (Wildman–Crippen LogP) is 2.06. The minimum Gasteiger partial charge on any atom is -0.341 e. The van der Waals surface area contributed by atoms with Gasteiger partial charge >= 0.3 is 6.03 Å². The molecule has 1 fully saturated rings. The van der Waals surface area contributed by atoms with E-state index in [9.17, 15) is 22.8 Å². The molecule has 1 N–H and O–H groups in total. The predicted molar refractivity (Wildman–Crippen MR) is 107 cm³/mol. The summed E-state index contributed by atoms with van der Waals surface area (Å²) in [6.07, 6.45) is 0.561. The maximum absolute atomic E-state index is 13.1. The van der Waals surface area contributed by atoms with Crippen molar-refractivity contribution >= 4 is 39.4 Å². The molecule has 2 aliphatic heterocycles. The smallest absolute Gasteiger partial charge is 0.333 e. The fourth-order valence-corrected chi connectivity index (χ4v) is 4.44. The van der Waals surface area contributed by atoms with E-state index >= 15 is 0 Å². The monoisotopic (exact) mass is 420 g/mol. The van der Waals surface area contributed by atoms with Gasteiger partial charge < -0.3 is 5.32 Å². The molecule has 2 aliphatic rings. The molecule has 0 bridgehead atoms. The normalized spacial score (nSPS) is 21.4. The number of nitrogens with one attached hydrogen (secondary N) is 1. The molecule has 1 saturated heterocycles. The summed E-state index contributed by atoms with van der Waals surface area (Å²) in [4.78, 5) is 40.9. The molecule has 10 heteroatoms. The number of hydrogen-bond donors (Lipinski definition) is 1. The van der Waals surface area contributed by atoms with Crippen LogP contribution in [0.5, 0.6) is 0 Å². The van der Waals surface area contributed by atoms with Crippen molar-refractivity contribution in [3.8, 4) is 0 Å². The molecule has 9 nitrogen and oxygen atoms in total. The van der Waals surface area contributed by atoms with Crippen molar-refractivity contribution in [2.45, 2.75) is 45.1 Å². The van der Waals surface area contributed by atoms with Gasteiger partial charge in [0, 0.05) is 12.6 Å². The maximum atomic E-state index is 13.1. The van der Waals surface area contributed by atoms with E-state index in [-0.39, 0.29) is 28.9 Å². The summed E-state index contributed by atoms with van der Waals surface area (Å²) in [6, 6.07) is 4.92. The van der Waals surface area contributed by atoms with Crippen molar-refractivity contribution in [2.75, 3.05) is 11.9 Å². The van der Waals surface area contributed by atoms with Gasteiger partial charge in [-0.25, -0.2) is 4.79 Å². The molecule has 0 spiro atoms. The molecule has 3 rings (SSSR count). The summed E-state index contributed by atoms with van der Waals surface area (Å²) in [5, 5.41) is 2.81. The molecule has 4 amide bonds. The highest BCUT2D eigenvalue weighted by molar-refractivity contribution is 7.90. The van der Waals surface area contributed by atoms with Crippen molar-refractivity contribution in [1.82, 2.24) is 9.80 Å². The van der Waals surface area contributed by atoms with E-state index < -0.39 is 39.8 Å². The van der Waals surface area contributed by atoms with E-state index in [4.69, 9.17) is 0 Å². The number of benzene rings is 1. The Morgan fingerprint density at radius 3 is 2.34 bits per heavy atom. The van der Waals surface area contributed by atoms with Crippen LogP contribution in [-0.2, 0) is 19.6 Å². The number of urea groups is 1. The van der Waals surface area contributed by atoms with E-state index in [0.29, 0.717) is 6.42 Å². The number of imide groups is 2. The van der Waals surface area contributed by atoms with Crippen molar-refractivity contribution in [3.05, 3.63) is 24.3 Å². The standard InChI is InChI=1S/C19H24N4O5S/c1-11(2)9-10-22-17(24)15(18(25)23(12(3)4)19(22)26)16-20-13-7-5-6-8-14(13)29(27,28)21-16/h5-8,11-12,15H,9-10H2,1-4H3,(H,20,21). The Balaban J connectivity index is 2.05. The molecule has 1 aromatic rings. The first-order valence-electron chi connectivity index (χ1n) is 9.44. The number of sulfonamides is 1. The molecule has 1 aromatic carbocycles. The average Bonchev–Trinajstić information content (AvgIpc) is 2.60. The lowest BCUT2D eigenvalue weighted by molar-refractivity contribution is -0.147. The number of carbonyl (C=O) groups excluding carboxylic acids is 3. The van der Waals surface area contributed by atoms with Crippen LogP contribution in [0.1, 0.15) is 34.1 Å². The zero-order valence-electron chi connectivity index (χ0n) is 16.7. The average molecular weight is 420 g/mol. The quantitative estimate of drug-likeness (QED) is 0.729. The second-order valence-electron chi connectivity index (χ2n) is 7.76. The Kier molecular flexibility index (Phi) is 5.48. The molecule has 1 atom stereocenters. The summed E-state index contributed by atoms with van der Waals surface area (Å²) in [5.74, 6) is -3.12. The first-order valence-corrected chi connectivity index (χ1v) is 10.9. The molecule has 0 radical (unpaired) electrons. The fraction of sp³-hybridized carbons (Fsp3) is 0.474. The first-order chi connectivity index (χ1) is 13.5. The lowest BCUT2D eigenvalue weighted by Crippen LogP contribution is -2.64. The summed E-state index contributed by atoms with van der Waals surface area (Å²) in [6.45, 7) is 7.37. The van der Waals surface area contributed by atoms with Crippen LogP contribution in [-0.4, -0.2) is 54.5 Å². The molecule has 0 aliphatic carbocycles. The zero-order chi connectivity index (χ0) is 21.5. The Morgan fingerprint density at radius 2 is 1.72 bits per heavy atom. The molecule has 29 heavy (non-hydrogen) atoms. The number of amidine groups is 1. The van der Waals surface area contributed by atoms with Crippen molar-refractivity contribution in [1.29, 1.82) is 0 Å². The number of barbiturate groups is 1. The van der Waals surface area contributed by atoms with Crippen LogP contribution in [0.15, 0.2) is 33.6 Å². The van der Waals surface area contributed by atoms with Crippen molar-refractivity contribution in [3.63, 3.8) is 0 Å². The molecule has 0 saturated carbocycles. The lowest BCUT2D eigenvalue weighted by atomic mass is 9.99. The van der Waals surface area contributed by atoms with Gasteiger partial charge in [-0.1, -0.05) is 26.0 Å². The third-order valence-electron chi connectivity index (χ3n) is 4.80. The minimum absolute atomic E-state index is 0.0343. The number of para-hydroxylation sites is 1. The van der Waals surface area contributed by atoms with Crippen LogP contribution < -0.4 is 5.32 Å². The van der Waals surface area contributed by atoms with E-state index in [1.165, 1.54) is 12.1 Å². The van der Waals surface area contributed by atoms with Crippen LogP contribution >= 0.6 is 0 Å². The van der Waals surface area contributed by atoms with Gasteiger partial charge in [-0.2, -0.15) is 8.42 Å². The second kappa shape index (κ2) is 7.58. The number of hydrogen-bond acceptors (Lipinski definition) is 6. The largest absolute Gasteiger partial charge is 0.341 e. The van der Waals surface area contributed by atoms with Crippen LogP contribution in [0.25, 0.3) is 0 Å². The third-order valence-corrected chi connectivity index (χ3v) is 6.15. The number of rotatable bonds is 5. The number of anilines is 1. The highest BCUT2D eigenvalue weighted by Crippen LogP contribution is 2.31. The van der Waals surface area contributed by atoms with Gasteiger partial charge in [-0.05, 0) is 38.3 Å². The third kappa shape index (κ3) is 3.76. The number of carbonyl (C=O) groups is 3. The van der Waals surface area contributed by atoms with E-state index in [1.807, 2.05) is 13.8 Å². The van der Waals surface area contributed by atoms with Gasteiger partial charge in [0.2, 0.25) is 0 Å². The molecule has 2 heterocycles. The number of amides is 4. The Hall–Kier alpha value is -2.75. The minimum atomic E-state index is -4.08. The fourth-order valence-electron chi connectivity index (χ4n) is 3.28. The first kappa shape index (κ1) is 21.0. The highest BCUT2D eigenvalue weighted by atomic mass is 32.2. The second-order valence-corrected chi connectivity index (χ2v) is 9.34. The van der Waals surface area contributed by atoms with E-state index in [0.717, 1.165) is 9.80 Å². The Labute approximate surface area is 169 Å². The summed E-state index contributed by atoms with van der Waals surface area (Å²) < 4.78 is 28.8. The van der Waals surface area contributed by atoms with Crippen LogP contribution in [0.4, 0.5) is 10.5 Å². The van der Waals surface area contributed by atoms with E-state index in [2.05, 4.69) is 9.71 Å². The van der Waals surface area contributed by atoms with Gasteiger partial charge in [-0.3, -0.25) is 19.4 Å². The van der Waals surface area contributed by atoms with Crippen LogP contribution in [0.3, 0.4) is 0 Å². The molecular weight excluding hydrogens is 396 g/mol. The summed E-state index contributed by atoms with van der Waals surface area (Å²) >= 11 is 0. The summed E-state index contributed by atoms with van der Waals surface area (Å²) in [7, 11) is -4.08. The Morgan fingerprint density at radius 1 is 1.07 bits per heavy atom. The topological polar surface area (TPSA) is 116 Å². The molecular formula is C19H24N4O5S. The Bertz CT molecular complexity index is 1000. The van der Waals surface area contributed by atoms with Crippen LogP contribution in [0.2, 0.25) is 0 Å². The van der Waals surface area contributed by atoms with Gasteiger partial charge in [0.15, 0.2) is 5.92 Å². The lowest BCUT2D eigenvalue weighted by Gasteiger charge is -2.39. The molecule has 1 unspecified atom stereocenters. The van der Waals surface area contributed by atoms with Gasteiger partial charge in [-0.15, -0.1) is 4.40 Å². The highest BCUT2D eigenvalue weighted by Gasteiger charge is 2.50. The van der Waals surface area contributed by atoms with Crippen LogP contribution in [0, 0.1) is 11.8 Å². The zero-order valence-corrected chi connectivity index (χ0v) is 17.6. The number of nitrogens with zero attached hydrogens (tertiary/aromatic N) is 3. The molecule has 156 valence electrons. The SMILES string of the molecule is CC(C)CCN1C(=O)C(C2=NS(=O)(=O)c3ccccc3N2)C(=O)N(C(C)C)C1=O. The van der Waals surface area contributed by atoms with Gasteiger partial charge in [0.25, 0.3) is 21.8 Å². The van der Waals surface area contributed by atoms with Gasteiger partial charge in [0.05, 0.1) is 5.69 Å². The summed E-state index contributed by atoms with van der Waals surface area (Å²) in [5.41, 5.74) is 0.236. The number of fused-ring (bicyclic) bond motifs is 1. The van der Waals surface area contributed by atoms with E-state index in [1.54, 1.807) is 26.0 Å².